The molecule has 0 spiro atoms. The van der Waals surface area contributed by atoms with Crippen molar-refractivity contribution in [3.8, 4) is 0 Å². The van der Waals surface area contributed by atoms with Crippen LogP contribution in [0.2, 0.25) is 0 Å². The van der Waals surface area contributed by atoms with Crippen molar-refractivity contribution in [2.45, 2.75) is 46.0 Å². The molecule has 1 aliphatic rings. The highest BCUT2D eigenvalue weighted by molar-refractivity contribution is 5.97. The van der Waals surface area contributed by atoms with Crippen LogP contribution in [0.5, 0.6) is 0 Å². The molecule has 1 fully saturated rings. The Labute approximate surface area is 121 Å². The number of rotatable bonds is 3. The van der Waals surface area contributed by atoms with Crippen molar-refractivity contribution in [2.24, 2.45) is 11.8 Å². The number of hydrogen-bond acceptors (Lipinski definition) is 1. The van der Waals surface area contributed by atoms with Gasteiger partial charge in [-0.2, -0.15) is 0 Å². The van der Waals surface area contributed by atoms with Gasteiger partial charge in [-0.25, -0.2) is 17.6 Å². The average Bonchev–Trinajstić information content (AvgIpc) is 2.46. The molecule has 0 radical (unpaired) electrons. The van der Waals surface area contributed by atoms with Crippen LogP contribution in [0.15, 0.2) is 0 Å². The molecular weight excluding hydrogens is 284 g/mol. The Hall–Kier alpha value is -1.39. The van der Waals surface area contributed by atoms with Crippen LogP contribution in [0, 0.1) is 42.0 Å². The molecule has 116 valence electrons. The first-order valence-corrected chi connectivity index (χ1v) is 7.20. The van der Waals surface area contributed by atoms with E-state index in [1.165, 1.54) is 0 Å². The van der Waals surface area contributed by atoms with E-state index in [4.69, 9.17) is 0 Å². The maximum absolute atomic E-state index is 13.8. The highest BCUT2D eigenvalue weighted by atomic mass is 19.2. The van der Waals surface area contributed by atoms with E-state index in [-0.39, 0.29) is 18.3 Å². The van der Waals surface area contributed by atoms with Gasteiger partial charge in [0.05, 0.1) is 5.56 Å². The van der Waals surface area contributed by atoms with Crippen molar-refractivity contribution in [3.63, 3.8) is 0 Å². The molecule has 0 heterocycles. The van der Waals surface area contributed by atoms with Gasteiger partial charge >= 0.3 is 0 Å². The smallest absolute Gasteiger partial charge is 0.173 e. The molecule has 5 heteroatoms. The fourth-order valence-electron chi connectivity index (χ4n) is 3.02. The molecule has 0 saturated heterocycles. The monoisotopic (exact) mass is 302 g/mol. The summed E-state index contributed by atoms with van der Waals surface area (Å²) in [4.78, 5) is 12.1. The number of halogens is 4. The molecule has 0 N–H and O–H groups in total. The van der Waals surface area contributed by atoms with E-state index in [0.29, 0.717) is 0 Å². The van der Waals surface area contributed by atoms with Gasteiger partial charge < -0.3 is 0 Å². The standard InChI is InChI=1S/C16H18F4O/c1-8-5-3-4-6-10(8)7-11(21)12-15(19)13(17)9(2)14(18)16(12)20/h8,10H,3-7H2,1-2H3. The molecule has 1 aromatic carbocycles. The maximum Gasteiger partial charge on any atom is 0.173 e. The maximum atomic E-state index is 13.8. The van der Waals surface area contributed by atoms with Gasteiger partial charge in [-0.3, -0.25) is 4.79 Å². The van der Waals surface area contributed by atoms with E-state index in [1.54, 1.807) is 0 Å². The molecule has 0 bridgehead atoms. The van der Waals surface area contributed by atoms with E-state index in [9.17, 15) is 22.4 Å². The van der Waals surface area contributed by atoms with Gasteiger partial charge in [0.1, 0.15) is 0 Å². The zero-order chi connectivity index (χ0) is 15.7. The quantitative estimate of drug-likeness (QED) is 0.438. The fraction of sp³-hybridized carbons (Fsp3) is 0.562. The van der Waals surface area contributed by atoms with Crippen molar-refractivity contribution in [2.75, 3.05) is 0 Å². The highest BCUT2D eigenvalue weighted by Gasteiger charge is 2.30. The van der Waals surface area contributed by atoms with E-state index in [2.05, 4.69) is 0 Å². The first-order chi connectivity index (χ1) is 9.84. The molecule has 2 atom stereocenters. The van der Waals surface area contributed by atoms with Crippen LogP contribution in [0.25, 0.3) is 0 Å². The van der Waals surface area contributed by atoms with E-state index >= 15 is 0 Å². The summed E-state index contributed by atoms with van der Waals surface area (Å²) in [7, 11) is 0. The molecule has 1 aliphatic carbocycles. The van der Waals surface area contributed by atoms with Gasteiger partial charge in [0.15, 0.2) is 29.1 Å². The molecule has 1 saturated carbocycles. The summed E-state index contributed by atoms with van der Waals surface area (Å²) in [5.74, 6) is -6.73. The molecule has 1 nitrogen and oxygen atoms in total. The lowest BCUT2D eigenvalue weighted by Crippen LogP contribution is -2.22. The predicted octanol–water partition coefficient (Wildman–Crippen LogP) is 4.95. The molecule has 2 unspecified atom stereocenters. The SMILES string of the molecule is Cc1c(F)c(F)c(C(=O)CC2CCCCC2C)c(F)c1F. The number of Topliss-reactive ketones (excluding diaryl/α,β-unsaturated/α-hetero) is 1. The third-order valence-corrected chi connectivity index (χ3v) is 4.50. The average molecular weight is 302 g/mol. The topological polar surface area (TPSA) is 17.1 Å². The summed E-state index contributed by atoms with van der Waals surface area (Å²) in [6.45, 7) is 2.93. The van der Waals surface area contributed by atoms with Gasteiger partial charge in [-0.15, -0.1) is 0 Å². The fourth-order valence-corrected chi connectivity index (χ4v) is 3.02. The number of benzene rings is 1. The molecule has 21 heavy (non-hydrogen) atoms. The summed E-state index contributed by atoms with van der Waals surface area (Å²) in [5.41, 5.74) is -1.82. The highest BCUT2D eigenvalue weighted by Crippen LogP contribution is 2.34. The van der Waals surface area contributed by atoms with E-state index < -0.39 is 40.2 Å². The van der Waals surface area contributed by atoms with Gasteiger partial charge in [0.2, 0.25) is 0 Å². The summed E-state index contributed by atoms with van der Waals surface area (Å²) < 4.78 is 54.6. The van der Waals surface area contributed by atoms with Crippen LogP contribution >= 0.6 is 0 Å². The molecule has 1 aromatic rings. The lowest BCUT2D eigenvalue weighted by atomic mass is 9.77. The molecule has 0 aromatic heterocycles. The second-order valence-corrected chi connectivity index (χ2v) is 5.91. The minimum absolute atomic E-state index is 0.0116. The lowest BCUT2D eigenvalue weighted by molar-refractivity contribution is 0.0916. The van der Waals surface area contributed by atoms with Gasteiger partial charge in [0.25, 0.3) is 0 Å². The van der Waals surface area contributed by atoms with Gasteiger partial charge in [-0.05, 0) is 25.2 Å². The van der Waals surface area contributed by atoms with Crippen molar-refractivity contribution in [1.82, 2.24) is 0 Å². The Bertz CT molecular complexity index is 539. The van der Waals surface area contributed by atoms with E-state index in [0.717, 1.165) is 32.6 Å². The lowest BCUT2D eigenvalue weighted by Gasteiger charge is -2.28. The number of hydrogen-bond donors (Lipinski definition) is 0. The zero-order valence-corrected chi connectivity index (χ0v) is 12.1. The van der Waals surface area contributed by atoms with Crippen LogP contribution in [0.1, 0.15) is 54.9 Å². The summed E-state index contributed by atoms with van der Waals surface area (Å²) in [5, 5.41) is 0. The van der Waals surface area contributed by atoms with Crippen LogP contribution in [-0.2, 0) is 0 Å². The Morgan fingerprint density at radius 2 is 1.52 bits per heavy atom. The van der Waals surface area contributed by atoms with Crippen molar-refractivity contribution in [3.05, 3.63) is 34.4 Å². The first kappa shape index (κ1) is 16.0. The van der Waals surface area contributed by atoms with Crippen LogP contribution in [0.4, 0.5) is 17.6 Å². The summed E-state index contributed by atoms with van der Waals surface area (Å²) in [6.07, 6.45) is 3.72. The number of carbonyl (C=O) groups excluding carboxylic acids is 1. The van der Waals surface area contributed by atoms with Gasteiger partial charge in [0, 0.05) is 12.0 Å². The normalized spacial score (nSPS) is 22.4. The predicted molar refractivity (Wildman–Crippen MR) is 71.1 cm³/mol. The van der Waals surface area contributed by atoms with Crippen molar-refractivity contribution >= 4 is 5.78 Å². The Morgan fingerprint density at radius 1 is 1.00 bits per heavy atom. The molecule has 2 rings (SSSR count). The van der Waals surface area contributed by atoms with Crippen LogP contribution in [0.3, 0.4) is 0 Å². The third-order valence-electron chi connectivity index (χ3n) is 4.50. The third kappa shape index (κ3) is 2.97. The molecule has 0 aliphatic heterocycles. The largest absolute Gasteiger partial charge is 0.294 e. The summed E-state index contributed by atoms with van der Waals surface area (Å²) in [6, 6.07) is 0. The molecular formula is C16H18F4O. The second-order valence-electron chi connectivity index (χ2n) is 5.91. The number of ketones is 1. The minimum Gasteiger partial charge on any atom is -0.294 e. The second kappa shape index (κ2) is 6.16. The molecule has 0 amide bonds. The number of carbonyl (C=O) groups is 1. The summed E-state index contributed by atoms with van der Waals surface area (Å²) >= 11 is 0. The minimum atomic E-state index is -1.58. The van der Waals surface area contributed by atoms with Crippen molar-refractivity contribution in [1.29, 1.82) is 0 Å². The Kier molecular flexibility index (Phi) is 4.69. The van der Waals surface area contributed by atoms with E-state index in [1.807, 2.05) is 6.92 Å². The first-order valence-electron chi connectivity index (χ1n) is 7.20. The zero-order valence-electron chi connectivity index (χ0n) is 12.1. The van der Waals surface area contributed by atoms with Gasteiger partial charge in [-0.1, -0.05) is 26.2 Å². The van der Waals surface area contributed by atoms with Crippen LogP contribution < -0.4 is 0 Å². The van der Waals surface area contributed by atoms with Crippen molar-refractivity contribution < 1.29 is 22.4 Å². The van der Waals surface area contributed by atoms with Crippen LogP contribution in [-0.4, -0.2) is 5.78 Å². The Morgan fingerprint density at radius 3 is 2.05 bits per heavy atom. The Balaban J connectivity index is 2.31.